The van der Waals surface area contributed by atoms with Crippen LogP contribution in [0.25, 0.3) is 0 Å². The lowest BCUT2D eigenvalue weighted by Gasteiger charge is -2.33. The van der Waals surface area contributed by atoms with E-state index in [9.17, 15) is 5.11 Å². The molecule has 1 saturated heterocycles. The van der Waals surface area contributed by atoms with Crippen molar-refractivity contribution in [3.63, 3.8) is 0 Å². The van der Waals surface area contributed by atoms with Gasteiger partial charge in [0.1, 0.15) is 18.0 Å². The molecule has 0 aliphatic carbocycles. The van der Waals surface area contributed by atoms with E-state index in [1.165, 1.54) is 0 Å². The van der Waals surface area contributed by atoms with Gasteiger partial charge in [-0.05, 0) is 41.7 Å². The van der Waals surface area contributed by atoms with E-state index < -0.39 is 24.0 Å². The summed E-state index contributed by atoms with van der Waals surface area (Å²) < 4.78 is 17.7. The van der Waals surface area contributed by atoms with Crippen molar-refractivity contribution in [1.29, 1.82) is 0 Å². The molecule has 0 saturated carbocycles. The standard InChI is InChI=1S/C29H35NO4/c1-4-29(5-2)33-20-25(34-29)28(31)27(23-16-18-24(32-3)19-17-23)30-26(21-12-8-6-9-13-21)22-14-10-7-11-15-22/h6-19,25-28,30-31H,4-5,20H2,1-3H3/t25-,27+,28-/m1/s1. The van der Waals surface area contributed by atoms with Crippen LogP contribution in [0, 0.1) is 0 Å². The molecule has 3 aromatic carbocycles. The van der Waals surface area contributed by atoms with Crippen LogP contribution in [0.3, 0.4) is 0 Å². The first-order chi connectivity index (χ1) is 16.6. The van der Waals surface area contributed by atoms with E-state index in [0.717, 1.165) is 35.3 Å². The van der Waals surface area contributed by atoms with Crippen molar-refractivity contribution >= 4 is 0 Å². The van der Waals surface area contributed by atoms with Crippen LogP contribution in [0.4, 0.5) is 0 Å². The van der Waals surface area contributed by atoms with Gasteiger partial charge in [-0.1, -0.05) is 86.6 Å². The minimum atomic E-state index is -0.816. The highest BCUT2D eigenvalue weighted by Crippen LogP contribution is 2.36. The number of nitrogens with one attached hydrogen (secondary N) is 1. The van der Waals surface area contributed by atoms with Crippen molar-refractivity contribution in [2.45, 2.75) is 56.8 Å². The highest BCUT2D eigenvalue weighted by atomic mass is 16.7. The molecule has 5 nitrogen and oxygen atoms in total. The number of rotatable bonds is 10. The molecule has 1 aliphatic heterocycles. The molecule has 0 bridgehead atoms. The average molecular weight is 462 g/mol. The third-order valence-electron chi connectivity index (χ3n) is 6.76. The molecule has 0 unspecified atom stereocenters. The van der Waals surface area contributed by atoms with Gasteiger partial charge in [0.2, 0.25) is 0 Å². The minimum Gasteiger partial charge on any atom is -0.497 e. The first-order valence-corrected chi connectivity index (χ1v) is 12.1. The van der Waals surface area contributed by atoms with E-state index in [-0.39, 0.29) is 6.04 Å². The Bertz CT molecular complexity index is 966. The van der Waals surface area contributed by atoms with Crippen molar-refractivity contribution < 1.29 is 19.3 Å². The maximum atomic E-state index is 11.7. The van der Waals surface area contributed by atoms with Gasteiger partial charge in [0, 0.05) is 0 Å². The van der Waals surface area contributed by atoms with E-state index in [0.29, 0.717) is 6.61 Å². The van der Waals surface area contributed by atoms with Gasteiger partial charge < -0.3 is 19.3 Å². The monoisotopic (exact) mass is 461 g/mol. The summed E-state index contributed by atoms with van der Waals surface area (Å²) in [4.78, 5) is 0. The summed E-state index contributed by atoms with van der Waals surface area (Å²) in [7, 11) is 1.65. The van der Waals surface area contributed by atoms with Crippen LogP contribution in [-0.2, 0) is 9.47 Å². The van der Waals surface area contributed by atoms with Crippen LogP contribution in [0.5, 0.6) is 5.75 Å². The van der Waals surface area contributed by atoms with Crippen LogP contribution in [0.1, 0.15) is 55.5 Å². The van der Waals surface area contributed by atoms with Crippen LogP contribution in [-0.4, -0.2) is 36.8 Å². The zero-order valence-corrected chi connectivity index (χ0v) is 20.2. The van der Waals surface area contributed by atoms with Crippen LogP contribution >= 0.6 is 0 Å². The molecule has 3 aromatic rings. The quantitative estimate of drug-likeness (QED) is 0.423. The lowest BCUT2D eigenvalue weighted by atomic mass is 9.92. The summed E-state index contributed by atoms with van der Waals surface area (Å²) >= 11 is 0. The Kier molecular flexibility index (Phi) is 8.01. The fraction of sp³-hybridized carbons (Fsp3) is 0.379. The number of hydrogen-bond acceptors (Lipinski definition) is 5. The number of ether oxygens (including phenoxy) is 3. The van der Waals surface area contributed by atoms with Gasteiger partial charge in [-0.15, -0.1) is 0 Å². The molecule has 0 amide bonds. The summed E-state index contributed by atoms with van der Waals surface area (Å²) in [6.45, 7) is 4.47. The molecule has 4 rings (SSSR count). The van der Waals surface area contributed by atoms with Crippen molar-refractivity contribution in [2.75, 3.05) is 13.7 Å². The van der Waals surface area contributed by atoms with Crippen LogP contribution in [0.2, 0.25) is 0 Å². The maximum Gasteiger partial charge on any atom is 0.168 e. The van der Waals surface area contributed by atoms with Crippen LogP contribution < -0.4 is 10.1 Å². The van der Waals surface area contributed by atoms with Crippen LogP contribution in [0.15, 0.2) is 84.9 Å². The predicted octanol–water partition coefficient (Wildman–Crippen LogP) is 5.41. The summed E-state index contributed by atoms with van der Waals surface area (Å²) in [5.41, 5.74) is 3.21. The van der Waals surface area contributed by atoms with Gasteiger partial charge in [0.15, 0.2) is 5.79 Å². The molecule has 5 heteroatoms. The summed E-state index contributed by atoms with van der Waals surface area (Å²) in [6.07, 6.45) is 0.226. The second-order valence-electron chi connectivity index (χ2n) is 8.75. The summed E-state index contributed by atoms with van der Waals surface area (Å²) in [5.74, 6) is 0.144. The largest absolute Gasteiger partial charge is 0.497 e. The van der Waals surface area contributed by atoms with Crippen molar-refractivity contribution in [3.8, 4) is 5.75 Å². The molecule has 1 aliphatic rings. The number of aliphatic hydroxyl groups is 1. The third kappa shape index (κ3) is 5.34. The van der Waals surface area contributed by atoms with Crippen molar-refractivity contribution in [1.82, 2.24) is 5.32 Å². The average Bonchev–Trinajstić information content (AvgIpc) is 3.35. The molecular weight excluding hydrogens is 426 g/mol. The van der Waals surface area contributed by atoms with Gasteiger partial charge in [0.05, 0.1) is 25.8 Å². The van der Waals surface area contributed by atoms with Gasteiger partial charge in [-0.3, -0.25) is 5.32 Å². The number of benzene rings is 3. The topological polar surface area (TPSA) is 60.0 Å². The Morgan fingerprint density at radius 2 is 1.44 bits per heavy atom. The predicted molar refractivity (Wildman–Crippen MR) is 134 cm³/mol. The number of aliphatic hydroxyl groups excluding tert-OH is 1. The first kappa shape index (κ1) is 24.4. The Labute approximate surface area is 202 Å². The Hall–Kier alpha value is -2.70. The molecule has 34 heavy (non-hydrogen) atoms. The molecule has 1 heterocycles. The first-order valence-electron chi connectivity index (χ1n) is 12.1. The Morgan fingerprint density at radius 1 is 0.882 bits per heavy atom. The fourth-order valence-corrected chi connectivity index (χ4v) is 4.64. The normalized spacial score (nSPS) is 19.1. The second kappa shape index (κ2) is 11.2. The van der Waals surface area contributed by atoms with Gasteiger partial charge in [-0.25, -0.2) is 0 Å². The molecular formula is C29H35NO4. The zero-order chi connectivity index (χ0) is 24.0. The molecule has 180 valence electrons. The summed E-state index contributed by atoms with van der Waals surface area (Å²) in [5, 5.41) is 15.4. The van der Waals surface area contributed by atoms with E-state index >= 15 is 0 Å². The Balaban J connectivity index is 1.69. The Morgan fingerprint density at radius 3 is 1.91 bits per heavy atom. The van der Waals surface area contributed by atoms with E-state index in [4.69, 9.17) is 14.2 Å². The number of hydrogen-bond donors (Lipinski definition) is 2. The molecule has 0 aromatic heterocycles. The van der Waals surface area contributed by atoms with Crippen molar-refractivity contribution in [2.24, 2.45) is 0 Å². The van der Waals surface area contributed by atoms with Gasteiger partial charge >= 0.3 is 0 Å². The lowest BCUT2D eigenvalue weighted by molar-refractivity contribution is -0.183. The highest BCUT2D eigenvalue weighted by molar-refractivity contribution is 5.34. The number of methoxy groups -OCH3 is 1. The molecule has 2 N–H and O–H groups in total. The fourth-order valence-electron chi connectivity index (χ4n) is 4.64. The summed E-state index contributed by atoms with van der Waals surface area (Å²) in [6, 6.07) is 27.9. The van der Waals surface area contributed by atoms with E-state index in [1.54, 1.807) is 7.11 Å². The van der Waals surface area contributed by atoms with Gasteiger partial charge in [-0.2, -0.15) is 0 Å². The van der Waals surface area contributed by atoms with Crippen molar-refractivity contribution in [3.05, 3.63) is 102 Å². The SMILES string of the molecule is CCC1(CC)OC[C@H]([C@@H](O)[C@@H](NC(c2ccccc2)c2ccccc2)c2ccc(OC)cc2)O1. The molecule has 0 radical (unpaired) electrons. The lowest BCUT2D eigenvalue weighted by Crippen LogP contribution is -2.43. The maximum absolute atomic E-state index is 11.7. The second-order valence-corrected chi connectivity index (χ2v) is 8.75. The molecule has 0 spiro atoms. The highest BCUT2D eigenvalue weighted by Gasteiger charge is 2.44. The van der Waals surface area contributed by atoms with Gasteiger partial charge in [0.25, 0.3) is 0 Å². The molecule has 3 atom stereocenters. The molecule has 1 fully saturated rings. The van der Waals surface area contributed by atoms with E-state index in [2.05, 4.69) is 43.4 Å². The van der Waals surface area contributed by atoms with E-state index in [1.807, 2.05) is 60.7 Å². The minimum absolute atomic E-state index is 0.117. The third-order valence-corrected chi connectivity index (χ3v) is 6.76. The smallest absolute Gasteiger partial charge is 0.168 e. The zero-order valence-electron chi connectivity index (χ0n) is 20.2.